The first-order valence-electron chi connectivity index (χ1n) is 10.1. The number of esters is 1. The highest BCUT2D eigenvalue weighted by molar-refractivity contribution is 6.26. The molecular weight excluding hydrogens is 398 g/mol. The lowest BCUT2D eigenvalue weighted by Gasteiger charge is -2.10. The fourth-order valence-electron chi connectivity index (χ4n) is 3.56. The summed E-state index contributed by atoms with van der Waals surface area (Å²) in [6, 6.07) is 12.8. The highest BCUT2D eigenvalue weighted by Crippen LogP contribution is 2.38. The standard InChI is InChI=1S/C24H23NO6/c1-4-29-24(27)20-21(26)19(31-23(20)25-17-8-6-5-7-9-17)13-16-12-18(28-3)11-15-10-14(2)30-22(15)16/h5-9,11-14,25H,4,10H2,1-3H3/b19-13+/t14-/m1/s1. The van der Waals surface area contributed by atoms with Gasteiger partial charge < -0.3 is 24.3 Å². The number of hydrogen-bond acceptors (Lipinski definition) is 7. The van der Waals surface area contributed by atoms with Crippen LogP contribution in [0.15, 0.2) is 59.7 Å². The molecule has 2 aliphatic heterocycles. The summed E-state index contributed by atoms with van der Waals surface area (Å²) in [6.45, 7) is 3.79. The molecule has 2 aromatic rings. The summed E-state index contributed by atoms with van der Waals surface area (Å²) in [7, 11) is 1.58. The lowest BCUT2D eigenvalue weighted by atomic mass is 10.0. The first kappa shape index (κ1) is 20.5. The van der Waals surface area contributed by atoms with Crippen LogP contribution in [0, 0.1) is 0 Å². The molecule has 0 bridgehead atoms. The normalized spacial score (nSPS) is 18.5. The molecule has 2 aliphatic rings. The van der Waals surface area contributed by atoms with E-state index in [1.165, 1.54) is 0 Å². The summed E-state index contributed by atoms with van der Waals surface area (Å²) in [5, 5.41) is 3.00. The van der Waals surface area contributed by atoms with Crippen molar-refractivity contribution in [2.24, 2.45) is 0 Å². The maximum Gasteiger partial charge on any atom is 0.347 e. The Morgan fingerprint density at radius 3 is 2.74 bits per heavy atom. The van der Waals surface area contributed by atoms with Gasteiger partial charge in [0.1, 0.15) is 17.6 Å². The Balaban J connectivity index is 1.72. The van der Waals surface area contributed by atoms with E-state index >= 15 is 0 Å². The number of allylic oxidation sites excluding steroid dienone is 1. The molecule has 7 nitrogen and oxygen atoms in total. The number of carbonyl (C=O) groups is 2. The third-order valence-corrected chi connectivity index (χ3v) is 4.92. The molecule has 0 unspecified atom stereocenters. The Morgan fingerprint density at radius 1 is 1.26 bits per heavy atom. The topological polar surface area (TPSA) is 83.1 Å². The van der Waals surface area contributed by atoms with E-state index in [1.807, 2.05) is 31.2 Å². The van der Waals surface area contributed by atoms with Gasteiger partial charge in [-0.05, 0) is 44.2 Å². The van der Waals surface area contributed by atoms with Gasteiger partial charge in [-0.25, -0.2) is 4.79 Å². The molecule has 0 fully saturated rings. The summed E-state index contributed by atoms with van der Waals surface area (Å²) in [4.78, 5) is 25.6. The van der Waals surface area contributed by atoms with Crippen LogP contribution in [0.3, 0.4) is 0 Å². The number of nitrogens with one attached hydrogen (secondary N) is 1. The number of para-hydroxylation sites is 1. The molecule has 4 rings (SSSR count). The fraction of sp³-hybridized carbons (Fsp3) is 0.250. The van der Waals surface area contributed by atoms with E-state index in [0.29, 0.717) is 22.7 Å². The molecule has 0 saturated heterocycles. The van der Waals surface area contributed by atoms with Crippen LogP contribution in [0.4, 0.5) is 5.69 Å². The minimum absolute atomic E-state index is 0.0000836. The predicted octanol–water partition coefficient (Wildman–Crippen LogP) is 3.85. The number of rotatable bonds is 6. The smallest absolute Gasteiger partial charge is 0.347 e. The molecular formula is C24H23NO6. The fourth-order valence-corrected chi connectivity index (χ4v) is 3.56. The minimum atomic E-state index is -0.741. The van der Waals surface area contributed by atoms with Crippen molar-refractivity contribution in [1.29, 1.82) is 0 Å². The van der Waals surface area contributed by atoms with Gasteiger partial charge in [0.2, 0.25) is 11.7 Å². The van der Waals surface area contributed by atoms with Crippen LogP contribution < -0.4 is 14.8 Å². The first-order chi connectivity index (χ1) is 15.0. The minimum Gasteiger partial charge on any atom is -0.497 e. The molecule has 0 amide bonds. The van der Waals surface area contributed by atoms with Crippen molar-refractivity contribution in [2.75, 3.05) is 19.0 Å². The Bertz CT molecular complexity index is 1090. The van der Waals surface area contributed by atoms with Crippen LogP contribution in [0.1, 0.15) is 25.0 Å². The van der Waals surface area contributed by atoms with Gasteiger partial charge in [-0.2, -0.15) is 0 Å². The van der Waals surface area contributed by atoms with Crippen LogP contribution in [0.25, 0.3) is 6.08 Å². The molecule has 31 heavy (non-hydrogen) atoms. The van der Waals surface area contributed by atoms with Crippen molar-refractivity contribution < 1.29 is 28.5 Å². The van der Waals surface area contributed by atoms with E-state index in [0.717, 1.165) is 12.0 Å². The summed E-state index contributed by atoms with van der Waals surface area (Å²) >= 11 is 0. The van der Waals surface area contributed by atoms with E-state index in [9.17, 15) is 9.59 Å². The maximum atomic E-state index is 13.1. The molecule has 7 heteroatoms. The number of anilines is 1. The molecule has 0 aliphatic carbocycles. The lowest BCUT2D eigenvalue weighted by molar-refractivity contribution is -0.139. The second kappa shape index (κ2) is 8.55. The number of ketones is 1. The molecule has 2 aromatic carbocycles. The van der Waals surface area contributed by atoms with Gasteiger partial charge >= 0.3 is 5.97 Å². The average molecular weight is 421 g/mol. The first-order valence-corrected chi connectivity index (χ1v) is 10.1. The van der Waals surface area contributed by atoms with E-state index in [1.54, 1.807) is 38.3 Å². The molecule has 0 saturated carbocycles. The number of hydrogen-bond donors (Lipinski definition) is 1. The molecule has 1 N–H and O–H groups in total. The molecule has 0 aromatic heterocycles. The van der Waals surface area contributed by atoms with Crippen LogP contribution >= 0.6 is 0 Å². The van der Waals surface area contributed by atoms with Crippen LogP contribution in [0.2, 0.25) is 0 Å². The number of fused-ring (bicyclic) bond motifs is 1. The summed E-state index contributed by atoms with van der Waals surface area (Å²) < 4.78 is 22.2. The molecule has 160 valence electrons. The van der Waals surface area contributed by atoms with E-state index in [2.05, 4.69) is 5.32 Å². The SMILES string of the molecule is CCOC(=O)C1=C(Nc2ccccc2)O/C(=C/c2cc(OC)cc3c2O[C@H](C)C3)C1=O. The zero-order chi connectivity index (χ0) is 22.0. The van der Waals surface area contributed by atoms with E-state index in [-0.39, 0.29) is 29.9 Å². The van der Waals surface area contributed by atoms with Gasteiger partial charge in [-0.1, -0.05) is 18.2 Å². The molecule has 0 spiro atoms. The van der Waals surface area contributed by atoms with Crippen molar-refractivity contribution >= 4 is 23.5 Å². The Morgan fingerprint density at radius 2 is 2.03 bits per heavy atom. The monoisotopic (exact) mass is 421 g/mol. The largest absolute Gasteiger partial charge is 0.497 e. The predicted molar refractivity (Wildman–Crippen MR) is 115 cm³/mol. The van der Waals surface area contributed by atoms with Crippen molar-refractivity contribution in [1.82, 2.24) is 0 Å². The number of benzene rings is 2. The highest BCUT2D eigenvalue weighted by atomic mass is 16.5. The molecule has 0 radical (unpaired) electrons. The highest BCUT2D eigenvalue weighted by Gasteiger charge is 2.37. The van der Waals surface area contributed by atoms with Crippen LogP contribution in [0.5, 0.6) is 11.5 Å². The molecule has 1 atom stereocenters. The van der Waals surface area contributed by atoms with Crippen molar-refractivity contribution in [2.45, 2.75) is 26.4 Å². The van der Waals surface area contributed by atoms with Crippen LogP contribution in [-0.2, 0) is 25.5 Å². The van der Waals surface area contributed by atoms with Gasteiger partial charge in [0.05, 0.1) is 13.7 Å². The van der Waals surface area contributed by atoms with Crippen LogP contribution in [-0.4, -0.2) is 31.6 Å². The van der Waals surface area contributed by atoms with Crippen molar-refractivity contribution in [3.05, 3.63) is 70.8 Å². The zero-order valence-corrected chi connectivity index (χ0v) is 17.6. The number of Topliss-reactive ketones (excluding diaryl/α,β-unsaturated/α-hetero) is 1. The number of carbonyl (C=O) groups excluding carboxylic acids is 2. The second-order valence-electron chi connectivity index (χ2n) is 7.19. The summed E-state index contributed by atoms with van der Waals surface area (Å²) in [5.41, 5.74) is 2.13. The van der Waals surface area contributed by atoms with Gasteiger partial charge in [-0.15, -0.1) is 0 Å². The Kier molecular flexibility index (Phi) is 5.66. The number of ether oxygens (including phenoxy) is 4. The third kappa shape index (κ3) is 4.12. The maximum absolute atomic E-state index is 13.1. The second-order valence-corrected chi connectivity index (χ2v) is 7.19. The quantitative estimate of drug-likeness (QED) is 0.431. The summed E-state index contributed by atoms with van der Waals surface area (Å²) in [5.74, 6) is 0.0682. The van der Waals surface area contributed by atoms with Crippen molar-refractivity contribution in [3.8, 4) is 11.5 Å². The Labute approximate surface area is 180 Å². The van der Waals surface area contributed by atoms with Gasteiger partial charge in [0, 0.05) is 23.2 Å². The molecule has 2 heterocycles. The average Bonchev–Trinajstić information content (AvgIpc) is 3.28. The lowest BCUT2D eigenvalue weighted by Crippen LogP contribution is -2.16. The van der Waals surface area contributed by atoms with Gasteiger partial charge in [0.15, 0.2) is 11.3 Å². The van der Waals surface area contributed by atoms with E-state index < -0.39 is 11.8 Å². The van der Waals surface area contributed by atoms with Gasteiger partial charge in [-0.3, -0.25) is 4.79 Å². The Hall–Kier alpha value is -3.74. The summed E-state index contributed by atoms with van der Waals surface area (Å²) in [6.07, 6.45) is 2.33. The zero-order valence-electron chi connectivity index (χ0n) is 17.6. The van der Waals surface area contributed by atoms with Crippen molar-refractivity contribution in [3.63, 3.8) is 0 Å². The third-order valence-electron chi connectivity index (χ3n) is 4.92. The van der Waals surface area contributed by atoms with Gasteiger partial charge in [0.25, 0.3) is 0 Å². The van der Waals surface area contributed by atoms with E-state index in [4.69, 9.17) is 18.9 Å². The number of methoxy groups -OCH3 is 1.